The number of para-hydroxylation sites is 1. The number of thioether (sulfide) groups is 1. The lowest BCUT2D eigenvalue weighted by Crippen LogP contribution is -2.28. The maximum Gasteiger partial charge on any atom is 0.351 e. The van der Waals surface area contributed by atoms with E-state index < -0.39 is 26.1 Å². The molecule has 36 heavy (non-hydrogen) atoms. The second-order valence-corrected chi connectivity index (χ2v) is 10.7. The number of nitrogens with zero attached hydrogens (tertiary/aromatic N) is 3. The van der Waals surface area contributed by atoms with Crippen LogP contribution in [0.3, 0.4) is 0 Å². The Kier molecular flexibility index (Phi) is 8.92. The van der Waals surface area contributed by atoms with E-state index in [4.69, 9.17) is 27.2 Å². The van der Waals surface area contributed by atoms with Crippen LogP contribution < -0.4 is 16.7 Å². The molecule has 1 fully saturated rings. The van der Waals surface area contributed by atoms with Crippen molar-refractivity contribution >= 4 is 50.4 Å². The molecule has 15 heteroatoms. The highest BCUT2D eigenvalue weighted by Crippen LogP contribution is 2.34. The molecule has 1 aliphatic heterocycles. The normalized spacial score (nSPS) is 17.2. The summed E-state index contributed by atoms with van der Waals surface area (Å²) >= 11 is 7.31. The van der Waals surface area contributed by atoms with Gasteiger partial charge in [0.2, 0.25) is 9.84 Å². The van der Waals surface area contributed by atoms with Crippen molar-refractivity contribution in [1.29, 1.82) is 0 Å². The van der Waals surface area contributed by atoms with E-state index in [1.165, 1.54) is 52.7 Å². The van der Waals surface area contributed by atoms with Crippen molar-refractivity contribution < 1.29 is 23.2 Å². The molecule has 2 atom stereocenters. The fourth-order valence-electron chi connectivity index (χ4n) is 3.21. The predicted octanol–water partition coefficient (Wildman–Crippen LogP) is 2.53. The lowest BCUT2D eigenvalue weighted by molar-refractivity contribution is -0.387. The summed E-state index contributed by atoms with van der Waals surface area (Å²) in [6.45, 7) is -0.0572. The zero-order valence-corrected chi connectivity index (χ0v) is 21.2. The van der Waals surface area contributed by atoms with Gasteiger partial charge in [-0.15, -0.1) is 11.8 Å². The van der Waals surface area contributed by atoms with Crippen LogP contribution >= 0.6 is 23.4 Å². The Labute approximate surface area is 215 Å². The molecule has 1 aliphatic rings. The van der Waals surface area contributed by atoms with E-state index >= 15 is 0 Å². The minimum atomic E-state index is -4.07. The first-order chi connectivity index (χ1) is 17.1. The Balaban J connectivity index is 0.000000212. The van der Waals surface area contributed by atoms with Gasteiger partial charge in [0, 0.05) is 30.1 Å². The van der Waals surface area contributed by atoms with Crippen molar-refractivity contribution in [3.8, 4) is 0 Å². The van der Waals surface area contributed by atoms with Crippen LogP contribution in [-0.2, 0) is 14.6 Å². The van der Waals surface area contributed by atoms with Crippen molar-refractivity contribution in [1.82, 2.24) is 9.55 Å². The van der Waals surface area contributed by atoms with Crippen molar-refractivity contribution in [3.63, 3.8) is 0 Å². The van der Waals surface area contributed by atoms with Crippen LogP contribution in [0.2, 0.25) is 5.02 Å². The Hall–Kier alpha value is -3.17. The molecule has 0 spiro atoms. The maximum absolute atomic E-state index is 12.7. The maximum atomic E-state index is 12.7. The number of aliphatic hydroxyl groups is 1. The Morgan fingerprint density at radius 2 is 2.03 bits per heavy atom. The molecule has 2 aromatic carbocycles. The van der Waals surface area contributed by atoms with Gasteiger partial charge in [0.15, 0.2) is 0 Å². The van der Waals surface area contributed by atoms with Gasteiger partial charge in [0.25, 0.3) is 5.69 Å². The Bertz CT molecular complexity index is 1420. The average Bonchev–Trinajstić information content (AvgIpc) is 3.33. The number of benzene rings is 2. The molecule has 192 valence electrons. The molecule has 1 aromatic heterocycles. The number of nitro groups is 1. The molecule has 3 aromatic rings. The van der Waals surface area contributed by atoms with E-state index in [0.29, 0.717) is 11.4 Å². The minimum Gasteiger partial charge on any atom is -0.393 e. The summed E-state index contributed by atoms with van der Waals surface area (Å²) in [7, 11) is -2.51. The number of halogens is 1. The van der Waals surface area contributed by atoms with Gasteiger partial charge in [-0.25, -0.2) is 13.2 Å². The lowest BCUT2D eigenvalue weighted by Gasteiger charge is -2.13. The average molecular weight is 556 g/mol. The molecular weight excluding hydrogens is 534 g/mol. The van der Waals surface area contributed by atoms with E-state index in [-0.39, 0.29) is 38.9 Å². The highest BCUT2D eigenvalue weighted by molar-refractivity contribution is 8.00. The molecule has 4 N–H and O–H groups in total. The first-order valence-electron chi connectivity index (χ1n) is 10.3. The third-order valence-electron chi connectivity index (χ3n) is 4.90. The number of aliphatic hydroxyl groups excluding tert-OH is 1. The van der Waals surface area contributed by atoms with Crippen LogP contribution in [0.15, 0.2) is 69.3 Å². The number of rotatable bonds is 6. The van der Waals surface area contributed by atoms with Gasteiger partial charge in [-0.2, -0.15) is 4.98 Å². The third kappa shape index (κ3) is 6.14. The smallest absolute Gasteiger partial charge is 0.351 e. The number of hydrogen-bond donors (Lipinski definition) is 3. The SMILES string of the molecule is CNc1ccc(Cl)cc1S(=O)(=O)c1ccccc1[N+](=O)[O-].Nc1ccn([C@@H]2CS[C@H](CO)O2)c(=O)n1. The number of anilines is 2. The summed E-state index contributed by atoms with van der Waals surface area (Å²) < 4.78 is 32.2. The number of sulfone groups is 1. The standard InChI is InChI=1S/C13H11ClN2O4S.C8H11N3O3S/c1-15-10-7-6-9(14)8-13(10)21(19,20)12-5-3-2-4-11(12)16(17)18;9-5-1-2-11(8(13)10-5)6-4-15-7(3-12)14-6/h2-8,15H,1H3;1-2,6-7,12H,3-4H2,(H2,9,10,13)/t;6-,7+/m.0/s1. The van der Waals surface area contributed by atoms with Gasteiger partial charge in [0.05, 0.1) is 22.1 Å². The number of nitrogens with one attached hydrogen (secondary N) is 1. The second kappa shape index (κ2) is 11.7. The summed E-state index contributed by atoms with van der Waals surface area (Å²) in [5, 5.41) is 22.9. The molecule has 12 nitrogen and oxygen atoms in total. The summed E-state index contributed by atoms with van der Waals surface area (Å²) in [6.07, 6.45) is 1.18. The second-order valence-electron chi connectivity index (χ2n) is 7.20. The molecule has 0 radical (unpaired) electrons. The van der Waals surface area contributed by atoms with Crippen LogP contribution in [0, 0.1) is 10.1 Å². The molecular formula is C21H22ClN5O7S2. The molecule has 0 amide bonds. The van der Waals surface area contributed by atoms with Crippen LogP contribution in [0.25, 0.3) is 0 Å². The molecule has 0 aliphatic carbocycles. The third-order valence-corrected chi connectivity index (χ3v) is 8.08. The fraction of sp³-hybridized carbons (Fsp3) is 0.238. The number of ether oxygens (including phenoxy) is 1. The number of nitro benzene ring substituents is 1. The van der Waals surface area contributed by atoms with Gasteiger partial charge in [-0.1, -0.05) is 23.7 Å². The Morgan fingerprint density at radius 1 is 1.31 bits per heavy atom. The van der Waals surface area contributed by atoms with Gasteiger partial charge in [-0.3, -0.25) is 14.7 Å². The zero-order chi connectivity index (χ0) is 26.5. The molecule has 4 rings (SSSR count). The van der Waals surface area contributed by atoms with Crippen molar-refractivity contribution in [2.24, 2.45) is 0 Å². The quantitative estimate of drug-likeness (QED) is 0.300. The van der Waals surface area contributed by atoms with Gasteiger partial charge in [0.1, 0.15) is 22.4 Å². The first-order valence-corrected chi connectivity index (χ1v) is 13.2. The monoisotopic (exact) mass is 555 g/mol. The first kappa shape index (κ1) is 27.4. The van der Waals surface area contributed by atoms with E-state index in [0.717, 1.165) is 6.07 Å². The van der Waals surface area contributed by atoms with E-state index in [9.17, 15) is 23.3 Å². The highest BCUT2D eigenvalue weighted by atomic mass is 35.5. The molecule has 1 saturated heterocycles. The van der Waals surface area contributed by atoms with Crippen LogP contribution in [0.1, 0.15) is 6.23 Å². The number of nitrogens with two attached hydrogens (primary N) is 1. The van der Waals surface area contributed by atoms with Crippen LogP contribution in [-0.4, -0.2) is 52.8 Å². The van der Waals surface area contributed by atoms with Crippen LogP contribution in [0.4, 0.5) is 17.2 Å². The summed E-state index contributed by atoms with van der Waals surface area (Å²) in [5.74, 6) is 0.817. The Morgan fingerprint density at radius 3 is 2.64 bits per heavy atom. The molecule has 0 unspecified atom stereocenters. The van der Waals surface area contributed by atoms with Crippen molar-refractivity contribution in [3.05, 3.63) is 80.3 Å². The van der Waals surface area contributed by atoms with Crippen molar-refractivity contribution in [2.45, 2.75) is 21.5 Å². The zero-order valence-electron chi connectivity index (χ0n) is 18.8. The summed E-state index contributed by atoms with van der Waals surface area (Å²) in [5.41, 5.74) is 4.52. The van der Waals surface area contributed by atoms with Crippen LogP contribution in [0.5, 0.6) is 0 Å². The lowest BCUT2D eigenvalue weighted by atomic mass is 10.3. The van der Waals surface area contributed by atoms with E-state index in [1.807, 2.05) is 0 Å². The molecule has 2 heterocycles. The van der Waals surface area contributed by atoms with E-state index in [2.05, 4.69) is 10.3 Å². The minimum absolute atomic E-state index is 0.0572. The van der Waals surface area contributed by atoms with Gasteiger partial charge >= 0.3 is 5.69 Å². The van der Waals surface area contributed by atoms with Gasteiger partial charge < -0.3 is 20.9 Å². The predicted molar refractivity (Wildman–Crippen MR) is 136 cm³/mol. The molecule has 0 saturated carbocycles. The largest absolute Gasteiger partial charge is 0.393 e. The topological polar surface area (TPSA) is 180 Å². The summed E-state index contributed by atoms with van der Waals surface area (Å²) in [4.78, 5) is 24.9. The molecule has 0 bridgehead atoms. The van der Waals surface area contributed by atoms with E-state index in [1.54, 1.807) is 19.3 Å². The fourth-order valence-corrected chi connectivity index (χ4v) is 6.03. The van der Waals surface area contributed by atoms with Gasteiger partial charge in [-0.05, 0) is 30.3 Å². The number of nitrogen functional groups attached to an aromatic ring is 1. The number of hydrogen-bond acceptors (Lipinski definition) is 11. The van der Waals surface area contributed by atoms with Crippen molar-refractivity contribution in [2.75, 3.05) is 30.5 Å². The number of aromatic nitrogens is 2. The highest BCUT2D eigenvalue weighted by Gasteiger charge is 2.29. The summed E-state index contributed by atoms with van der Waals surface area (Å²) in [6, 6.07) is 11.0.